The van der Waals surface area contributed by atoms with Crippen LogP contribution in [0.5, 0.6) is 0 Å². The summed E-state index contributed by atoms with van der Waals surface area (Å²) < 4.78 is 0. The first-order chi connectivity index (χ1) is 14.6. The van der Waals surface area contributed by atoms with Gasteiger partial charge >= 0.3 is 0 Å². The molecular weight excluding hydrogens is 396 g/mol. The number of hydrogen-bond acceptors (Lipinski definition) is 5. The minimum absolute atomic E-state index is 0.207. The highest BCUT2D eigenvalue weighted by molar-refractivity contribution is 7.09. The van der Waals surface area contributed by atoms with Gasteiger partial charge in [-0.2, -0.15) is 0 Å². The third-order valence-electron chi connectivity index (χ3n) is 5.25. The maximum absolute atomic E-state index is 12.6. The summed E-state index contributed by atoms with van der Waals surface area (Å²) in [7, 11) is 0. The number of thiazole rings is 1. The van der Waals surface area contributed by atoms with Crippen LogP contribution in [0.3, 0.4) is 0 Å². The van der Waals surface area contributed by atoms with Gasteiger partial charge < -0.3 is 11.1 Å². The monoisotopic (exact) mass is 420 g/mol. The second-order valence-corrected chi connectivity index (χ2v) is 8.42. The number of nitrogens with two attached hydrogens (primary N) is 1. The molecule has 1 unspecified atom stereocenters. The molecule has 0 spiro atoms. The topological polar surface area (TPSA) is 88.3 Å². The third-order valence-corrected chi connectivity index (χ3v) is 6.09. The molecule has 2 heterocycles. The lowest BCUT2D eigenvalue weighted by Crippen LogP contribution is -2.39. The lowest BCUT2D eigenvalue weighted by atomic mass is 10.1. The van der Waals surface area contributed by atoms with Gasteiger partial charge in [0.1, 0.15) is 5.69 Å². The summed E-state index contributed by atoms with van der Waals surface area (Å²) in [5.41, 5.74) is 8.84. The van der Waals surface area contributed by atoms with Crippen molar-refractivity contribution in [3.8, 4) is 0 Å². The van der Waals surface area contributed by atoms with E-state index in [1.165, 1.54) is 16.9 Å². The summed E-state index contributed by atoms with van der Waals surface area (Å²) in [5, 5.41) is 5.63. The van der Waals surface area contributed by atoms with Crippen LogP contribution in [-0.2, 0) is 17.8 Å². The second-order valence-electron chi connectivity index (χ2n) is 7.47. The lowest BCUT2D eigenvalue weighted by Gasteiger charge is -2.22. The maximum Gasteiger partial charge on any atom is 0.275 e. The normalized spacial score (nSPS) is 16.5. The number of aromatic nitrogens is 1. The van der Waals surface area contributed by atoms with Gasteiger partial charge in [-0.05, 0) is 42.6 Å². The average Bonchev–Trinajstić information content (AvgIpc) is 3.39. The SMILES string of the molecule is NC(=O)C1CCCN1Cc1cccc(NC(=O)c2csc(Cc3ccccc3)n2)c1. The lowest BCUT2D eigenvalue weighted by molar-refractivity contribution is -0.122. The zero-order valence-corrected chi connectivity index (χ0v) is 17.4. The summed E-state index contributed by atoms with van der Waals surface area (Å²) >= 11 is 1.49. The smallest absolute Gasteiger partial charge is 0.275 e. The van der Waals surface area contributed by atoms with E-state index in [1.807, 2.05) is 42.5 Å². The van der Waals surface area contributed by atoms with Gasteiger partial charge in [-0.25, -0.2) is 4.98 Å². The summed E-state index contributed by atoms with van der Waals surface area (Å²) in [4.78, 5) is 30.8. The molecule has 1 aromatic heterocycles. The number of likely N-dealkylation sites (tertiary alicyclic amines) is 1. The molecule has 30 heavy (non-hydrogen) atoms. The van der Waals surface area contributed by atoms with Crippen molar-refractivity contribution in [3.63, 3.8) is 0 Å². The number of hydrogen-bond donors (Lipinski definition) is 2. The number of carbonyl (C=O) groups is 2. The molecule has 0 saturated carbocycles. The standard InChI is InChI=1S/C23H24N4O2S/c24-22(28)20-10-5-11-27(20)14-17-8-4-9-18(12-17)25-23(29)19-15-30-21(26-19)13-16-6-2-1-3-7-16/h1-4,6-9,12,15,20H,5,10-11,13-14H2,(H2,24,28)(H,25,29). The number of rotatable bonds is 7. The third kappa shape index (κ3) is 4.93. The van der Waals surface area contributed by atoms with Gasteiger partial charge in [-0.3, -0.25) is 14.5 Å². The molecule has 2 amide bonds. The van der Waals surface area contributed by atoms with E-state index in [9.17, 15) is 9.59 Å². The Bertz CT molecular complexity index is 1030. The average molecular weight is 421 g/mol. The molecule has 1 saturated heterocycles. The van der Waals surface area contributed by atoms with Crippen LogP contribution in [0.15, 0.2) is 60.0 Å². The van der Waals surface area contributed by atoms with Gasteiger partial charge in [0.05, 0.1) is 11.0 Å². The Morgan fingerprint density at radius 3 is 2.73 bits per heavy atom. The van der Waals surface area contributed by atoms with Gasteiger partial charge in [0.15, 0.2) is 0 Å². The predicted octanol–water partition coefficient (Wildman–Crippen LogP) is 3.44. The number of amides is 2. The second kappa shape index (κ2) is 9.19. The molecule has 1 aliphatic rings. The highest BCUT2D eigenvalue weighted by Gasteiger charge is 2.28. The highest BCUT2D eigenvalue weighted by atomic mass is 32.1. The van der Waals surface area contributed by atoms with E-state index < -0.39 is 0 Å². The van der Waals surface area contributed by atoms with E-state index in [2.05, 4.69) is 27.3 Å². The largest absolute Gasteiger partial charge is 0.368 e. The van der Waals surface area contributed by atoms with Crippen molar-refractivity contribution in [1.82, 2.24) is 9.88 Å². The van der Waals surface area contributed by atoms with Gasteiger partial charge in [0.25, 0.3) is 5.91 Å². The molecule has 3 N–H and O–H groups in total. The Balaban J connectivity index is 1.39. The molecule has 154 valence electrons. The van der Waals surface area contributed by atoms with Crippen LogP contribution >= 0.6 is 11.3 Å². The van der Waals surface area contributed by atoms with E-state index in [-0.39, 0.29) is 17.9 Å². The molecule has 0 radical (unpaired) electrons. The Morgan fingerprint density at radius 1 is 1.13 bits per heavy atom. The molecule has 7 heteroatoms. The quantitative estimate of drug-likeness (QED) is 0.613. The van der Waals surface area contributed by atoms with Crippen molar-refractivity contribution in [3.05, 3.63) is 81.8 Å². The highest BCUT2D eigenvalue weighted by Crippen LogP contribution is 2.22. The number of nitrogens with zero attached hydrogens (tertiary/aromatic N) is 2. The minimum atomic E-state index is -0.271. The van der Waals surface area contributed by atoms with E-state index in [0.717, 1.165) is 30.0 Å². The van der Waals surface area contributed by atoms with Gasteiger partial charge in [0.2, 0.25) is 5.91 Å². The fourth-order valence-corrected chi connectivity index (χ4v) is 4.59. The van der Waals surface area contributed by atoms with E-state index in [1.54, 1.807) is 5.38 Å². The van der Waals surface area contributed by atoms with Gasteiger partial charge in [-0.15, -0.1) is 11.3 Å². The first-order valence-electron chi connectivity index (χ1n) is 10.0. The molecule has 1 fully saturated rings. The molecule has 6 nitrogen and oxygen atoms in total. The first-order valence-corrected chi connectivity index (χ1v) is 10.9. The van der Waals surface area contributed by atoms with Crippen LogP contribution in [0.25, 0.3) is 0 Å². The van der Waals surface area contributed by atoms with Gasteiger partial charge in [-0.1, -0.05) is 42.5 Å². The van der Waals surface area contributed by atoms with Crippen LogP contribution in [0.2, 0.25) is 0 Å². The molecule has 3 aromatic rings. The van der Waals surface area contributed by atoms with Crippen LogP contribution in [-0.4, -0.2) is 34.3 Å². The van der Waals surface area contributed by atoms with Crippen molar-refractivity contribution in [2.75, 3.05) is 11.9 Å². The minimum Gasteiger partial charge on any atom is -0.368 e. The zero-order valence-electron chi connectivity index (χ0n) is 16.6. The summed E-state index contributed by atoms with van der Waals surface area (Å²) in [6.45, 7) is 1.49. The maximum atomic E-state index is 12.6. The zero-order chi connectivity index (χ0) is 20.9. The van der Waals surface area contributed by atoms with Crippen molar-refractivity contribution in [2.24, 2.45) is 5.73 Å². The Kier molecular flexibility index (Phi) is 6.21. The van der Waals surface area contributed by atoms with Crippen LogP contribution in [0.4, 0.5) is 5.69 Å². The Hall–Kier alpha value is -3.03. The van der Waals surface area contributed by atoms with Crippen molar-refractivity contribution < 1.29 is 9.59 Å². The van der Waals surface area contributed by atoms with Crippen molar-refractivity contribution >= 4 is 28.8 Å². The molecule has 1 atom stereocenters. The number of carbonyl (C=O) groups excluding carboxylic acids is 2. The Labute approximate surface area is 179 Å². The number of anilines is 1. The summed E-state index contributed by atoms with van der Waals surface area (Å²) in [5.74, 6) is -0.495. The molecule has 0 bridgehead atoms. The Morgan fingerprint density at radius 2 is 1.93 bits per heavy atom. The van der Waals surface area contributed by atoms with E-state index in [0.29, 0.717) is 24.3 Å². The van der Waals surface area contributed by atoms with Crippen LogP contribution in [0, 0.1) is 0 Å². The van der Waals surface area contributed by atoms with Crippen molar-refractivity contribution in [1.29, 1.82) is 0 Å². The van der Waals surface area contributed by atoms with Crippen molar-refractivity contribution in [2.45, 2.75) is 31.8 Å². The molecule has 4 rings (SSSR count). The van der Waals surface area contributed by atoms with Crippen LogP contribution < -0.4 is 11.1 Å². The van der Waals surface area contributed by atoms with Crippen LogP contribution in [0.1, 0.15) is 39.5 Å². The fraction of sp³-hybridized carbons (Fsp3) is 0.261. The predicted molar refractivity (Wildman–Crippen MR) is 118 cm³/mol. The van der Waals surface area contributed by atoms with E-state index >= 15 is 0 Å². The number of nitrogens with one attached hydrogen (secondary N) is 1. The van der Waals surface area contributed by atoms with Gasteiger partial charge in [0, 0.05) is 24.0 Å². The summed E-state index contributed by atoms with van der Waals surface area (Å²) in [6.07, 6.45) is 2.49. The molecule has 2 aromatic carbocycles. The molecular formula is C23H24N4O2S. The molecule has 0 aliphatic carbocycles. The molecule has 1 aliphatic heterocycles. The number of primary amides is 1. The first kappa shape index (κ1) is 20.3. The van der Waals surface area contributed by atoms with E-state index in [4.69, 9.17) is 5.73 Å². The number of benzene rings is 2. The fourth-order valence-electron chi connectivity index (χ4n) is 3.78. The summed E-state index contributed by atoms with van der Waals surface area (Å²) in [6, 6.07) is 17.6.